The van der Waals surface area contributed by atoms with Gasteiger partial charge >= 0.3 is 0 Å². The summed E-state index contributed by atoms with van der Waals surface area (Å²) in [5.41, 5.74) is 0.986. The Kier molecular flexibility index (Phi) is 5.56. The number of rotatable bonds is 6. The van der Waals surface area contributed by atoms with Crippen molar-refractivity contribution in [2.24, 2.45) is 0 Å². The number of carbonyl (C=O) groups is 1. The van der Waals surface area contributed by atoms with Crippen molar-refractivity contribution in [2.45, 2.75) is 18.2 Å². The second-order valence-corrected chi connectivity index (χ2v) is 7.40. The number of carbonyl (C=O) groups excluding carboxylic acids is 1. The molecule has 0 fully saturated rings. The van der Waals surface area contributed by atoms with E-state index in [-0.39, 0.29) is 28.7 Å². The summed E-state index contributed by atoms with van der Waals surface area (Å²) in [6.07, 6.45) is -0.00404. The third-order valence-electron chi connectivity index (χ3n) is 3.46. The van der Waals surface area contributed by atoms with E-state index in [0.717, 1.165) is 0 Å². The van der Waals surface area contributed by atoms with Crippen molar-refractivity contribution in [1.29, 1.82) is 0 Å². The number of ether oxygens (including phenoxy) is 1. The fraction of sp³-hybridized carbons (Fsp3) is 0.235. The molecule has 0 radical (unpaired) electrons. The van der Waals surface area contributed by atoms with Crippen LogP contribution in [0.3, 0.4) is 0 Å². The standard InChI is InChI=1S/C17H18FNO4S/c1-3-24(21,22)14-7-5-13(6-8-14)19-17(20)11-12-4-9-16(23-2)15(18)10-12/h4-10H,3,11H2,1-2H3,(H,19,20). The first-order chi connectivity index (χ1) is 11.4. The molecule has 0 aliphatic carbocycles. The number of sulfone groups is 1. The van der Waals surface area contributed by atoms with Gasteiger partial charge in [-0.2, -0.15) is 0 Å². The number of hydrogen-bond acceptors (Lipinski definition) is 4. The first kappa shape index (κ1) is 17.9. The first-order valence-electron chi connectivity index (χ1n) is 7.31. The molecule has 0 saturated carbocycles. The molecule has 128 valence electrons. The highest BCUT2D eigenvalue weighted by molar-refractivity contribution is 7.91. The van der Waals surface area contributed by atoms with Gasteiger partial charge in [-0.3, -0.25) is 4.79 Å². The van der Waals surface area contributed by atoms with Crippen LogP contribution >= 0.6 is 0 Å². The van der Waals surface area contributed by atoms with Gasteiger partial charge in [-0.1, -0.05) is 13.0 Å². The topological polar surface area (TPSA) is 72.5 Å². The van der Waals surface area contributed by atoms with Crippen LogP contribution in [0.15, 0.2) is 47.4 Å². The van der Waals surface area contributed by atoms with E-state index in [0.29, 0.717) is 11.3 Å². The summed E-state index contributed by atoms with van der Waals surface area (Å²) in [4.78, 5) is 12.2. The smallest absolute Gasteiger partial charge is 0.228 e. The van der Waals surface area contributed by atoms with Crippen molar-refractivity contribution in [1.82, 2.24) is 0 Å². The van der Waals surface area contributed by atoms with Gasteiger partial charge in [0.25, 0.3) is 0 Å². The highest BCUT2D eigenvalue weighted by Crippen LogP contribution is 2.19. The summed E-state index contributed by atoms with van der Waals surface area (Å²) < 4.78 is 41.9. The minimum Gasteiger partial charge on any atom is -0.494 e. The molecule has 0 atom stereocenters. The van der Waals surface area contributed by atoms with Crippen molar-refractivity contribution >= 4 is 21.4 Å². The van der Waals surface area contributed by atoms with Gasteiger partial charge in [-0.25, -0.2) is 12.8 Å². The number of benzene rings is 2. The monoisotopic (exact) mass is 351 g/mol. The van der Waals surface area contributed by atoms with Crippen molar-refractivity contribution < 1.29 is 22.3 Å². The summed E-state index contributed by atoms with van der Waals surface area (Å²) >= 11 is 0. The zero-order valence-corrected chi connectivity index (χ0v) is 14.2. The SMILES string of the molecule is CCS(=O)(=O)c1ccc(NC(=O)Cc2ccc(OC)c(F)c2)cc1. The maximum Gasteiger partial charge on any atom is 0.228 e. The van der Waals surface area contributed by atoms with Gasteiger partial charge in [0, 0.05) is 5.69 Å². The van der Waals surface area contributed by atoms with E-state index < -0.39 is 15.7 Å². The van der Waals surface area contributed by atoms with Gasteiger partial charge in [-0.15, -0.1) is 0 Å². The Morgan fingerprint density at radius 2 is 1.83 bits per heavy atom. The lowest BCUT2D eigenvalue weighted by atomic mass is 10.1. The third-order valence-corrected chi connectivity index (χ3v) is 5.21. The van der Waals surface area contributed by atoms with Crippen molar-refractivity contribution in [3.63, 3.8) is 0 Å². The molecule has 0 bridgehead atoms. The van der Waals surface area contributed by atoms with Crippen LogP contribution in [0, 0.1) is 5.82 Å². The van der Waals surface area contributed by atoms with E-state index in [1.165, 1.54) is 43.5 Å². The lowest BCUT2D eigenvalue weighted by Gasteiger charge is -2.08. The average molecular weight is 351 g/mol. The number of anilines is 1. The Balaban J connectivity index is 2.03. The van der Waals surface area contributed by atoms with Crippen LogP contribution in [0.1, 0.15) is 12.5 Å². The van der Waals surface area contributed by atoms with Crippen LogP contribution < -0.4 is 10.1 Å². The molecule has 5 nitrogen and oxygen atoms in total. The number of hydrogen-bond donors (Lipinski definition) is 1. The number of nitrogens with one attached hydrogen (secondary N) is 1. The molecule has 2 rings (SSSR count). The largest absolute Gasteiger partial charge is 0.494 e. The van der Waals surface area contributed by atoms with Gasteiger partial charge in [0.2, 0.25) is 5.91 Å². The fourth-order valence-electron chi connectivity index (χ4n) is 2.12. The van der Waals surface area contributed by atoms with E-state index in [1.54, 1.807) is 13.0 Å². The Labute approximate surface area is 140 Å². The summed E-state index contributed by atoms with van der Waals surface area (Å²) in [7, 11) is -1.90. The van der Waals surface area contributed by atoms with Crippen LogP contribution in [-0.2, 0) is 21.1 Å². The van der Waals surface area contributed by atoms with E-state index in [4.69, 9.17) is 4.74 Å². The molecule has 0 aromatic heterocycles. The minimum absolute atomic E-state index is 0.00404. The molecule has 1 amide bonds. The summed E-state index contributed by atoms with van der Waals surface area (Å²) in [5, 5.41) is 2.65. The lowest BCUT2D eigenvalue weighted by Crippen LogP contribution is -2.14. The maximum atomic E-state index is 13.6. The van der Waals surface area contributed by atoms with E-state index in [9.17, 15) is 17.6 Å². The number of halogens is 1. The van der Waals surface area contributed by atoms with Gasteiger partial charge in [0.05, 0.1) is 24.2 Å². The second-order valence-electron chi connectivity index (χ2n) is 5.12. The van der Waals surface area contributed by atoms with Crippen LogP contribution in [0.5, 0.6) is 5.75 Å². The van der Waals surface area contributed by atoms with Crippen LogP contribution in [0.25, 0.3) is 0 Å². The Morgan fingerprint density at radius 3 is 2.38 bits per heavy atom. The Hall–Kier alpha value is -2.41. The van der Waals surface area contributed by atoms with Crippen LogP contribution in [0.2, 0.25) is 0 Å². The zero-order valence-electron chi connectivity index (χ0n) is 13.4. The molecule has 0 spiro atoms. The Morgan fingerprint density at radius 1 is 1.17 bits per heavy atom. The quantitative estimate of drug-likeness (QED) is 0.869. The molecule has 2 aromatic rings. The normalized spacial score (nSPS) is 11.1. The highest BCUT2D eigenvalue weighted by atomic mass is 32.2. The van der Waals surface area contributed by atoms with E-state index in [1.807, 2.05) is 0 Å². The molecule has 24 heavy (non-hydrogen) atoms. The minimum atomic E-state index is -3.27. The zero-order chi connectivity index (χ0) is 17.7. The van der Waals surface area contributed by atoms with Crippen LogP contribution in [-0.4, -0.2) is 27.2 Å². The molecule has 0 saturated heterocycles. The molecule has 0 aliphatic heterocycles. The maximum absolute atomic E-state index is 13.6. The van der Waals surface area contributed by atoms with E-state index in [2.05, 4.69) is 5.32 Å². The highest BCUT2D eigenvalue weighted by Gasteiger charge is 2.12. The van der Waals surface area contributed by atoms with Crippen LogP contribution in [0.4, 0.5) is 10.1 Å². The molecule has 0 unspecified atom stereocenters. The van der Waals surface area contributed by atoms with Crippen molar-refractivity contribution in [3.05, 3.63) is 53.8 Å². The summed E-state index contributed by atoms with van der Waals surface area (Å²) in [6.45, 7) is 1.57. The van der Waals surface area contributed by atoms with Crippen molar-refractivity contribution in [2.75, 3.05) is 18.2 Å². The predicted molar refractivity (Wildman–Crippen MR) is 89.5 cm³/mol. The fourth-order valence-corrected chi connectivity index (χ4v) is 3.01. The predicted octanol–water partition coefficient (Wildman–Crippen LogP) is 2.81. The van der Waals surface area contributed by atoms with Gasteiger partial charge in [-0.05, 0) is 42.0 Å². The third kappa shape index (κ3) is 4.32. The van der Waals surface area contributed by atoms with E-state index >= 15 is 0 Å². The molecular formula is C17H18FNO4S. The molecule has 2 aromatic carbocycles. The molecule has 0 heterocycles. The first-order valence-corrected chi connectivity index (χ1v) is 8.96. The Bertz CT molecular complexity index is 832. The second kappa shape index (κ2) is 7.44. The molecular weight excluding hydrogens is 333 g/mol. The number of amides is 1. The van der Waals surface area contributed by atoms with Gasteiger partial charge in [0.1, 0.15) is 0 Å². The summed E-state index contributed by atoms with van der Waals surface area (Å²) in [6, 6.07) is 10.3. The molecule has 0 aliphatic rings. The molecule has 1 N–H and O–H groups in total. The summed E-state index contributed by atoms with van der Waals surface area (Å²) in [5.74, 6) is -0.726. The lowest BCUT2D eigenvalue weighted by molar-refractivity contribution is -0.115. The van der Waals surface area contributed by atoms with Gasteiger partial charge in [0.15, 0.2) is 21.4 Å². The van der Waals surface area contributed by atoms with Gasteiger partial charge < -0.3 is 10.1 Å². The van der Waals surface area contributed by atoms with Crippen molar-refractivity contribution in [3.8, 4) is 5.75 Å². The average Bonchev–Trinajstić information content (AvgIpc) is 2.55. The molecule has 7 heteroatoms. The number of methoxy groups -OCH3 is 1.